The van der Waals surface area contributed by atoms with Crippen molar-refractivity contribution in [3.63, 3.8) is 0 Å². The van der Waals surface area contributed by atoms with Crippen LogP contribution in [-0.2, 0) is 4.79 Å². The molecule has 1 atom stereocenters. The summed E-state index contributed by atoms with van der Waals surface area (Å²) in [5.41, 5.74) is 0. The largest absolute Gasteiger partial charge is 0.301 e. The average molecular weight is 166 g/mol. The number of aldehydes is 1. The van der Waals surface area contributed by atoms with Gasteiger partial charge in [-0.05, 0) is 14.1 Å². The fraction of sp³-hybridized carbons (Fsp3) is 0.750. The highest BCUT2D eigenvalue weighted by atomic mass is 79.9. The molecule has 0 fully saturated rings. The van der Waals surface area contributed by atoms with Gasteiger partial charge in [0.05, 0.1) is 0 Å². The standard InChI is InChI=1S/C4H8BrNO/c1-6(2)4(5)3-7/h3-4H,1-2H3. The van der Waals surface area contributed by atoms with Crippen LogP contribution in [-0.4, -0.2) is 30.2 Å². The number of halogens is 1. The van der Waals surface area contributed by atoms with E-state index in [1.165, 1.54) is 0 Å². The highest BCUT2D eigenvalue weighted by molar-refractivity contribution is 9.09. The molecule has 0 aromatic carbocycles. The van der Waals surface area contributed by atoms with Gasteiger partial charge in [0.1, 0.15) is 11.2 Å². The zero-order valence-electron chi connectivity index (χ0n) is 4.39. The Bertz CT molecular complexity index is 64.7. The molecule has 0 aromatic heterocycles. The van der Waals surface area contributed by atoms with E-state index in [0.717, 1.165) is 6.29 Å². The SMILES string of the molecule is CN(C)C(Br)C=O. The molecule has 0 aliphatic heterocycles. The summed E-state index contributed by atoms with van der Waals surface area (Å²) in [7, 11) is 3.65. The maximum absolute atomic E-state index is 9.86. The van der Waals surface area contributed by atoms with Gasteiger partial charge in [0.25, 0.3) is 0 Å². The summed E-state index contributed by atoms with van der Waals surface area (Å²) >= 11 is 3.10. The van der Waals surface area contributed by atoms with Crippen molar-refractivity contribution in [2.75, 3.05) is 14.1 Å². The van der Waals surface area contributed by atoms with Crippen LogP contribution in [0, 0.1) is 0 Å². The van der Waals surface area contributed by atoms with Crippen LogP contribution in [0.3, 0.4) is 0 Å². The van der Waals surface area contributed by atoms with Crippen LogP contribution in [0.5, 0.6) is 0 Å². The number of carbonyl (C=O) groups is 1. The number of alkyl halides is 1. The van der Waals surface area contributed by atoms with Gasteiger partial charge in [-0.1, -0.05) is 15.9 Å². The topological polar surface area (TPSA) is 20.3 Å². The first-order valence-corrected chi connectivity index (χ1v) is 2.86. The highest BCUT2D eigenvalue weighted by Crippen LogP contribution is 1.95. The second-order valence-corrected chi connectivity index (χ2v) is 2.41. The van der Waals surface area contributed by atoms with Gasteiger partial charge in [0.15, 0.2) is 0 Å². The third kappa shape index (κ3) is 2.76. The van der Waals surface area contributed by atoms with E-state index < -0.39 is 0 Å². The van der Waals surface area contributed by atoms with Gasteiger partial charge in [-0.2, -0.15) is 0 Å². The monoisotopic (exact) mass is 165 g/mol. The van der Waals surface area contributed by atoms with Gasteiger partial charge in [-0.3, -0.25) is 4.90 Å². The molecule has 0 aromatic rings. The summed E-state index contributed by atoms with van der Waals surface area (Å²) in [5.74, 6) is 0. The second-order valence-electron chi connectivity index (χ2n) is 1.47. The number of carbonyl (C=O) groups excluding carboxylic acids is 1. The van der Waals surface area contributed by atoms with E-state index in [4.69, 9.17) is 0 Å². The van der Waals surface area contributed by atoms with Crippen LogP contribution in [0.4, 0.5) is 0 Å². The van der Waals surface area contributed by atoms with Crippen molar-refractivity contribution in [3.05, 3.63) is 0 Å². The number of likely N-dealkylation sites (N-methyl/N-ethyl adjacent to an activating group) is 1. The van der Waals surface area contributed by atoms with Gasteiger partial charge in [0.2, 0.25) is 0 Å². The molecule has 0 rings (SSSR count). The lowest BCUT2D eigenvalue weighted by Gasteiger charge is -2.09. The average Bonchev–Trinajstić information content (AvgIpc) is 1.65. The molecule has 0 saturated carbocycles. The van der Waals surface area contributed by atoms with Crippen molar-refractivity contribution in [1.82, 2.24) is 4.90 Å². The number of rotatable bonds is 2. The highest BCUT2D eigenvalue weighted by Gasteiger charge is 2.00. The van der Waals surface area contributed by atoms with Crippen LogP contribution in [0.25, 0.3) is 0 Å². The predicted octanol–water partition coefficient (Wildman–Crippen LogP) is 0.468. The Kier molecular flexibility index (Phi) is 3.21. The molecule has 3 heteroatoms. The van der Waals surface area contributed by atoms with Crippen LogP contribution < -0.4 is 0 Å². The van der Waals surface area contributed by atoms with E-state index in [0.29, 0.717) is 0 Å². The third-order valence-electron chi connectivity index (χ3n) is 0.606. The number of hydrogen-bond donors (Lipinski definition) is 0. The predicted molar refractivity (Wildman–Crippen MR) is 32.5 cm³/mol. The quantitative estimate of drug-likeness (QED) is 0.337. The molecule has 0 heterocycles. The molecular formula is C4H8BrNO. The molecular weight excluding hydrogens is 158 g/mol. The zero-order chi connectivity index (χ0) is 5.86. The smallest absolute Gasteiger partial charge is 0.147 e. The molecule has 0 aliphatic carbocycles. The van der Waals surface area contributed by atoms with Gasteiger partial charge in [-0.15, -0.1) is 0 Å². The lowest BCUT2D eigenvalue weighted by molar-refractivity contribution is -0.109. The summed E-state index contributed by atoms with van der Waals surface area (Å²) in [6, 6.07) is 0. The first-order chi connectivity index (χ1) is 3.18. The van der Waals surface area contributed by atoms with Crippen molar-refractivity contribution in [2.45, 2.75) is 4.95 Å². The van der Waals surface area contributed by atoms with E-state index in [1.807, 2.05) is 14.1 Å². The first-order valence-electron chi connectivity index (χ1n) is 1.94. The van der Waals surface area contributed by atoms with Gasteiger partial charge in [0, 0.05) is 0 Å². The molecule has 1 unspecified atom stereocenters. The van der Waals surface area contributed by atoms with Crippen molar-refractivity contribution in [3.8, 4) is 0 Å². The van der Waals surface area contributed by atoms with E-state index in [2.05, 4.69) is 15.9 Å². The molecule has 0 saturated heterocycles. The maximum Gasteiger partial charge on any atom is 0.147 e. The minimum atomic E-state index is -0.132. The lowest BCUT2D eigenvalue weighted by Crippen LogP contribution is -2.22. The van der Waals surface area contributed by atoms with Crippen molar-refractivity contribution < 1.29 is 4.79 Å². The zero-order valence-corrected chi connectivity index (χ0v) is 5.97. The molecule has 0 bridgehead atoms. The number of hydrogen-bond acceptors (Lipinski definition) is 2. The van der Waals surface area contributed by atoms with Crippen LogP contribution in [0.15, 0.2) is 0 Å². The van der Waals surface area contributed by atoms with Gasteiger partial charge >= 0.3 is 0 Å². The Hall–Kier alpha value is 0.110. The van der Waals surface area contributed by atoms with E-state index in [9.17, 15) is 4.79 Å². The molecule has 0 N–H and O–H groups in total. The molecule has 0 aliphatic rings. The third-order valence-corrected chi connectivity index (χ3v) is 1.64. The van der Waals surface area contributed by atoms with Crippen molar-refractivity contribution in [1.29, 1.82) is 0 Å². The normalized spacial score (nSPS) is 14.3. The molecule has 0 amide bonds. The van der Waals surface area contributed by atoms with Crippen molar-refractivity contribution in [2.24, 2.45) is 0 Å². The fourth-order valence-corrected chi connectivity index (χ4v) is 0.122. The van der Waals surface area contributed by atoms with Crippen LogP contribution in [0.2, 0.25) is 0 Å². The van der Waals surface area contributed by atoms with Crippen molar-refractivity contribution >= 4 is 22.2 Å². The maximum atomic E-state index is 9.86. The molecule has 2 nitrogen and oxygen atoms in total. The Morgan fingerprint density at radius 2 is 2.14 bits per heavy atom. The molecule has 0 radical (unpaired) electrons. The Balaban J connectivity index is 3.33. The summed E-state index contributed by atoms with van der Waals surface area (Å²) in [5, 5.41) is 0. The lowest BCUT2D eigenvalue weighted by atomic mass is 10.7. The van der Waals surface area contributed by atoms with E-state index in [1.54, 1.807) is 4.90 Å². The Morgan fingerprint density at radius 1 is 1.71 bits per heavy atom. The van der Waals surface area contributed by atoms with Crippen LogP contribution in [0.1, 0.15) is 0 Å². The Labute approximate surface area is 51.6 Å². The molecule has 42 valence electrons. The first kappa shape index (κ1) is 7.11. The van der Waals surface area contributed by atoms with Gasteiger partial charge < -0.3 is 4.79 Å². The minimum absolute atomic E-state index is 0.132. The second kappa shape index (κ2) is 3.16. The summed E-state index contributed by atoms with van der Waals surface area (Å²) in [6.07, 6.45) is 0.833. The fourth-order valence-electron chi connectivity index (χ4n) is 0.122. The number of nitrogens with zero attached hydrogens (tertiary/aromatic N) is 1. The summed E-state index contributed by atoms with van der Waals surface area (Å²) in [4.78, 5) is 11.5. The Morgan fingerprint density at radius 3 is 2.14 bits per heavy atom. The minimum Gasteiger partial charge on any atom is -0.301 e. The molecule has 7 heavy (non-hydrogen) atoms. The van der Waals surface area contributed by atoms with E-state index in [-0.39, 0.29) is 4.95 Å². The summed E-state index contributed by atoms with van der Waals surface area (Å²) < 4.78 is 0. The molecule has 0 spiro atoms. The van der Waals surface area contributed by atoms with Gasteiger partial charge in [-0.25, -0.2) is 0 Å². The van der Waals surface area contributed by atoms with E-state index >= 15 is 0 Å². The summed E-state index contributed by atoms with van der Waals surface area (Å²) in [6.45, 7) is 0. The van der Waals surface area contributed by atoms with Crippen LogP contribution >= 0.6 is 15.9 Å².